The molecule has 0 radical (unpaired) electrons. The van der Waals surface area contributed by atoms with Gasteiger partial charge in [-0.2, -0.15) is 0 Å². The van der Waals surface area contributed by atoms with Gasteiger partial charge in [0.05, 0.1) is 13.2 Å². The number of hydrogen-bond donors (Lipinski definition) is 1. The van der Waals surface area contributed by atoms with E-state index in [1.807, 2.05) is 31.2 Å². The van der Waals surface area contributed by atoms with Crippen molar-refractivity contribution in [2.24, 2.45) is 5.73 Å². The summed E-state index contributed by atoms with van der Waals surface area (Å²) >= 11 is 0. The van der Waals surface area contributed by atoms with Crippen LogP contribution in [0.2, 0.25) is 0 Å². The monoisotopic (exact) mass is 209 g/mol. The van der Waals surface area contributed by atoms with Crippen molar-refractivity contribution in [2.75, 3.05) is 26.4 Å². The van der Waals surface area contributed by atoms with Crippen LogP contribution in [0.1, 0.15) is 12.0 Å². The number of ether oxygens (including phenoxy) is 2. The molecule has 15 heavy (non-hydrogen) atoms. The lowest BCUT2D eigenvalue weighted by atomic mass is 10.2. The molecule has 0 saturated carbocycles. The summed E-state index contributed by atoms with van der Waals surface area (Å²) < 4.78 is 10.9. The van der Waals surface area contributed by atoms with Crippen LogP contribution in [0.25, 0.3) is 0 Å². The molecule has 0 aliphatic carbocycles. The van der Waals surface area contributed by atoms with Crippen molar-refractivity contribution in [1.82, 2.24) is 0 Å². The lowest BCUT2D eigenvalue weighted by Gasteiger charge is -2.08. The molecule has 0 unspecified atom stereocenters. The molecule has 0 bridgehead atoms. The van der Waals surface area contributed by atoms with Gasteiger partial charge >= 0.3 is 0 Å². The molecule has 0 heterocycles. The molecule has 0 atom stereocenters. The maximum atomic E-state index is 5.61. The van der Waals surface area contributed by atoms with Crippen molar-refractivity contribution in [3.8, 4) is 5.75 Å². The van der Waals surface area contributed by atoms with Gasteiger partial charge in [0.15, 0.2) is 0 Å². The molecule has 3 heteroatoms. The molecule has 1 aromatic rings. The summed E-state index contributed by atoms with van der Waals surface area (Å²) in [7, 11) is 0. The van der Waals surface area contributed by atoms with Crippen LogP contribution in [0.3, 0.4) is 0 Å². The highest BCUT2D eigenvalue weighted by Gasteiger charge is 1.96. The molecule has 0 aliphatic rings. The van der Waals surface area contributed by atoms with Crippen molar-refractivity contribution >= 4 is 0 Å². The summed E-state index contributed by atoms with van der Waals surface area (Å²) in [5, 5.41) is 0. The molecule has 0 aliphatic heterocycles. The quantitative estimate of drug-likeness (QED) is 0.696. The lowest BCUT2D eigenvalue weighted by molar-refractivity contribution is 0.125. The number of rotatable bonds is 7. The topological polar surface area (TPSA) is 44.5 Å². The fraction of sp³-hybridized carbons (Fsp3) is 0.500. The summed E-state index contributed by atoms with van der Waals surface area (Å²) in [6.07, 6.45) is 0.897. The number of para-hydroxylation sites is 1. The van der Waals surface area contributed by atoms with E-state index in [9.17, 15) is 0 Å². The third kappa shape index (κ3) is 4.81. The molecule has 1 aromatic carbocycles. The van der Waals surface area contributed by atoms with Crippen LogP contribution in [-0.2, 0) is 4.74 Å². The van der Waals surface area contributed by atoms with Gasteiger partial charge in [-0.1, -0.05) is 18.2 Å². The molecule has 0 spiro atoms. The fourth-order valence-electron chi connectivity index (χ4n) is 1.25. The highest BCUT2D eigenvalue weighted by Crippen LogP contribution is 2.15. The third-order valence-electron chi connectivity index (χ3n) is 2.05. The first-order valence-corrected chi connectivity index (χ1v) is 5.31. The van der Waals surface area contributed by atoms with Crippen molar-refractivity contribution < 1.29 is 9.47 Å². The SMILES string of the molecule is Cc1ccccc1OCCCOCCN. The van der Waals surface area contributed by atoms with Gasteiger partial charge in [0, 0.05) is 19.6 Å². The van der Waals surface area contributed by atoms with E-state index in [2.05, 4.69) is 0 Å². The Morgan fingerprint density at radius 2 is 1.93 bits per heavy atom. The number of benzene rings is 1. The first-order chi connectivity index (χ1) is 7.34. The Labute approximate surface area is 91.2 Å². The van der Waals surface area contributed by atoms with Gasteiger partial charge in [-0.05, 0) is 18.6 Å². The third-order valence-corrected chi connectivity index (χ3v) is 2.05. The van der Waals surface area contributed by atoms with Crippen LogP contribution < -0.4 is 10.5 Å². The number of aryl methyl sites for hydroxylation is 1. The van der Waals surface area contributed by atoms with E-state index in [-0.39, 0.29) is 0 Å². The van der Waals surface area contributed by atoms with Gasteiger partial charge in [0.25, 0.3) is 0 Å². The Morgan fingerprint density at radius 3 is 2.67 bits per heavy atom. The standard InChI is InChI=1S/C12H19NO2/c1-11-5-2-3-6-12(11)15-9-4-8-14-10-7-13/h2-3,5-6H,4,7-10,13H2,1H3. The molecule has 0 amide bonds. The fourth-order valence-corrected chi connectivity index (χ4v) is 1.25. The van der Waals surface area contributed by atoms with E-state index < -0.39 is 0 Å². The molecule has 0 aromatic heterocycles. The molecule has 2 N–H and O–H groups in total. The molecule has 1 rings (SSSR count). The predicted molar refractivity (Wildman–Crippen MR) is 61.2 cm³/mol. The van der Waals surface area contributed by atoms with Crippen LogP contribution in [0.15, 0.2) is 24.3 Å². The van der Waals surface area contributed by atoms with E-state index in [0.717, 1.165) is 12.2 Å². The average Bonchev–Trinajstić information content (AvgIpc) is 2.25. The highest BCUT2D eigenvalue weighted by atomic mass is 16.5. The first-order valence-electron chi connectivity index (χ1n) is 5.31. The van der Waals surface area contributed by atoms with Crippen LogP contribution in [-0.4, -0.2) is 26.4 Å². The minimum Gasteiger partial charge on any atom is -0.493 e. The lowest BCUT2D eigenvalue weighted by Crippen LogP contribution is -2.10. The Bertz CT molecular complexity index is 276. The van der Waals surface area contributed by atoms with Gasteiger partial charge in [-0.15, -0.1) is 0 Å². The summed E-state index contributed by atoms with van der Waals surface area (Å²) in [4.78, 5) is 0. The van der Waals surface area contributed by atoms with E-state index >= 15 is 0 Å². The first kappa shape index (κ1) is 12.0. The minimum absolute atomic E-state index is 0.582. The second-order valence-electron chi connectivity index (χ2n) is 3.37. The van der Waals surface area contributed by atoms with Crippen LogP contribution >= 0.6 is 0 Å². The zero-order valence-corrected chi connectivity index (χ0v) is 9.24. The van der Waals surface area contributed by atoms with Crippen molar-refractivity contribution in [2.45, 2.75) is 13.3 Å². The summed E-state index contributed by atoms with van der Waals surface area (Å²) in [6, 6.07) is 8.01. The van der Waals surface area contributed by atoms with Gasteiger partial charge < -0.3 is 15.2 Å². The van der Waals surface area contributed by atoms with Crippen molar-refractivity contribution in [1.29, 1.82) is 0 Å². The Hall–Kier alpha value is -1.06. The van der Waals surface area contributed by atoms with Gasteiger partial charge in [0.1, 0.15) is 5.75 Å². The highest BCUT2D eigenvalue weighted by molar-refractivity contribution is 5.31. The van der Waals surface area contributed by atoms with Gasteiger partial charge in [-0.25, -0.2) is 0 Å². The molecule has 0 fully saturated rings. The largest absolute Gasteiger partial charge is 0.493 e. The molecule has 84 valence electrons. The second kappa shape index (κ2) is 7.26. The zero-order chi connectivity index (χ0) is 10.9. The van der Waals surface area contributed by atoms with Gasteiger partial charge in [0.2, 0.25) is 0 Å². The van der Waals surface area contributed by atoms with E-state index in [1.54, 1.807) is 0 Å². The normalized spacial score (nSPS) is 10.3. The molecular formula is C12H19NO2. The Balaban J connectivity index is 2.12. The molecular weight excluding hydrogens is 190 g/mol. The summed E-state index contributed by atoms with van der Waals surface area (Å²) in [6.45, 7) is 4.65. The number of hydrogen-bond acceptors (Lipinski definition) is 3. The van der Waals surface area contributed by atoms with E-state index in [1.165, 1.54) is 5.56 Å². The van der Waals surface area contributed by atoms with Crippen LogP contribution in [0.4, 0.5) is 0 Å². The minimum atomic E-state index is 0.582. The van der Waals surface area contributed by atoms with Crippen molar-refractivity contribution in [3.63, 3.8) is 0 Å². The van der Waals surface area contributed by atoms with Crippen LogP contribution in [0.5, 0.6) is 5.75 Å². The van der Waals surface area contributed by atoms with Gasteiger partial charge in [-0.3, -0.25) is 0 Å². The Kier molecular flexibility index (Phi) is 5.81. The van der Waals surface area contributed by atoms with E-state index in [0.29, 0.717) is 26.4 Å². The number of nitrogens with two attached hydrogens (primary N) is 1. The van der Waals surface area contributed by atoms with Crippen molar-refractivity contribution in [3.05, 3.63) is 29.8 Å². The van der Waals surface area contributed by atoms with E-state index in [4.69, 9.17) is 15.2 Å². The molecule has 3 nitrogen and oxygen atoms in total. The maximum Gasteiger partial charge on any atom is 0.122 e. The summed E-state index contributed by atoms with van der Waals surface area (Å²) in [5.41, 5.74) is 6.46. The predicted octanol–water partition coefficient (Wildman–Crippen LogP) is 1.74. The smallest absolute Gasteiger partial charge is 0.122 e. The Morgan fingerprint density at radius 1 is 1.13 bits per heavy atom. The summed E-state index contributed by atoms with van der Waals surface area (Å²) in [5.74, 6) is 0.955. The van der Waals surface area contributed by atoms with Crippen LogP contribution in [0, 0.1) is 6.92 Å². The molecule has 0 saturated heterocycles. The second-order valence-corrected chi connectivity index (χ2v) is 3.37. The zero-order valence-electron chi connectivity index (χ0n) is 9.24. The average molecular weight is 209 g/mol. The maximum absolute atomic E-state index is 5.61.